The first-order valence-corrected chi connectivity index (χ1v) is 8.33. The highest BCUT2D eigenvalue weighted by atomic mass is 79.9. The van der Waals surface area contributed by atoms with Crippen molar-refractivity contribution in [3.05, 3.63) is 21.1 Å². The van der Waals surface area contributed by atoms with Gasteiger partial charge in [-0.15, -0.1) is 0 Å². The minimum Gasteiger partial charge on any atom is -0.397 e. The van der Waals surface area contributed by atoms with E-state index in [0.717, 1.165) is 4.47 Å². The van der Waals surface area contributed by atoms with E-state index in [0.29, 0.717) is 28.9 Å². The van der Waals surface area contributed by atoms with Crippen LogP contribution in [0.1, 0.15) is 6.42 Å². The molecular formula is C10H14Br2N2O3S. The first-order valence-electron chi connectivity index (χ1n) is 5.09. The molecule has 0 radical (unpaired) electrons. The fraction of sp³-hybridized carbons (Fsp3) is 0.400. The second-order valence-electron chi connectivity index (χ2n) is 3.62. The van der Waals surface area contributed by atoms with Crippen LogP contribution in [0.25, 0.3) is 0 Å². The summed E-state index contributed by atoms with van der Waals surface area (Å²) in [5.41, 5.74) is 6.48. The van der Waals surface area contributed by atoms with E-state index in [9.17, 15) is 8.42 Å². The Bertz CT molecular complexity index is 497. The number of rotatable bonds is 6. The molecule has 0 fully saturated rings. The second-order valence-corrected chi connectivity index (χ2v) is 7.23. The van der Waals surface area contributed by atoms with Crippen LogP contribution in [0.15, 0.2) is 21.1 Å². The van der Waals surface area contributed by atoms with Crippen LogP contribution in [-0.2, 0) is 14.8 Å². The lowest BCUT2D eigenvalue weighted by atomic mass is 10.3. The van der Waals surface area contributed by atoms with Gasteiger partial charge in [0.25, 0.3) is 0 Å². The largest absolute Gasteiger partial charge is 0.397 e. The van der Waals surface area contributed by atoms with E-state index in [1.54, 1.807) is 12.1 Å². The van der Waals surface area contributed by atoms with Crippen LogP contribution in [0.2, 0.25) is 0 Å². The SMILES string of the molecule is COCCCS(=O)(=O)Nc1c(N)cc(Br)cc1Br. The van der Waals surface area contributed by atoms with Crippen LogP contribution in [0.4, 0.5) is 11.4 Å². The van der Waals surface area contributed by atoms with E-state index in [2.05, 4.69) is 36.6 Å². The number of benzene rings is 1. The van der Waals surface area contributed by atoms with Gasteiger partial charge in [-0.2, -0.15) is 0 Å². The van der Waals surface area contributed by atoms with Crippen molar-refractivity contribution in [3.63, 3.8) is 0 Å². The van der Waals surface area contributed by atoms with Gasteiger partial charge in [-0.05, 0) is 34.5 Å². The number of sulfonamides is 1. The summed E-state index contributed by atoms with van der Waals surface area (Å²) in [7, 11) is -1.89. The van der Waals surface area contributed by atoms with Crippen molar-refractivity contribution < 1.29 is 13.2 Å². The number of nitrogen functional groups attached to an aromatic ring is 1. The number of nitrogens with two attached hydrogens (primary N) is 1. The number of methoxy groups -OCH3 is 1. The average molecular weight is 402 g/mol. The molecule has 0 saturated carbocycles. The van der Waals surface area contributed by atoms with E-state index in [4.69, 9.17) is 10.5 Å². The van der Waals surface area contributed by atoms with Gasteiger partial charge in [-0.3, -0.25) is 4.72 Å². The summed E-state index contributed by atoms with van der Waals surface area (Å²) >= 11 is 6.55. The molecule has 0 saturated heterocycles. The normalized spacial score (nSPS) is 11.5. The predicted octanol–water partition coefficient (Wildman–Crippen LogP) is 2.57. The van der Waals surface area contributed by atoms with Crippen molar-refractivity contribution in [2.45, 2.75) is 6.42 Å². The Morgan fingerprint density at radius 2 is 2.06 bits per heavy atom. The monoisotopic (exact) mass is 400 g/mol. The Hall–Kier alpha value is -0.310. The second kappa shape index (κ2) is 6.74. The van der Waals surface area contributed by atoms with Crippen molar-refractivity contribution in [2.24, 2.45) is 0 Å². The Morgan fingerprint density at radius 1 is 1.39 bits per heavy atom. The number of halogens is 2. The Morgan fingerprint density at radius 3 is 2.61 bits per heavy atom. The lowest BCUT2D eigenvalue weighted by Crippen LogP contribution is -2.19. The molecule has 102 valence electrons. The van der Waals surface area contributed by atoms with Gasteiger partial charge in [0.05, 0.1) is 17.1 Å². The predicted molar refractivity (Wildman–Crippen MR) is 80.2 cm³/mol. The fourth-order valence-electron chi connectivity index (χ4n) is 1.30. The molecule has 0 atom stereocenters. The maximum atomic E-state index is 11.8. The van der Waals surface area contributed by atoms with Crippen molar-refractivity contribution >= 4 is 53.3 Å². The zero-order valence-electron chi connectivity index (χ0n) is 9.74. The molecule has 1 aromatic carbocycles. The summed E-state index contributed by atoms with van der Waals surface area (Å²) in [6.07, 6.45) is 0.430. The molecule has 0 aliphatic carbocycles. The number of hydrogen-bond donors (Lipinski definition) is 2. The van der Waals surface area contributed by atoms with E-state index in [-0.39, 0.29) is 5.75 Å². The Kier molecular flexibility index (Phi) is 5.90. The molecule has 0 aliphatic rings. The summed E-state index contributed by atoms with van der Waals surface area (Å²) in [5, 5.41) is 0. The van der Waals surface area contributed by atoms with E-state index >= 15 is 0 Å². The molecule has 0 heterocycles. The lowest BCUT2D eigenvalue weighted by molar-refractivity contribution is 0.199. The average Bonchev–Trinajstić information content (AvgIpc) is 2.23. The molecule has 0 amide bonds. The third-order valence-electron chi connectivity index (χ3n) is 2.10. The molecule has 0 aliphatic heterocycles. The van der Waals surface area contributed by atoms with Crippen LogP contribution in [-0.4, -0.2) is 27.9 Å². The van der Waals surface area contributed by atoms with Crippen molar-refractivity contribution in [1.29, 1.82) is 0 Å². The third-order valence-corrected chi connectivity index (χ3v) is 4.53. The van der Waals surface area contributed by atoms with E-state index in [1.165, 1.54) is 7.11 Å². The Labute approximate surface area is 123 Å². The molecular weight excluding hydrogens is 388 g/mol. The van der Waals surface area contributed by atoms with Crippen LogP contribution >= 0.6 is 31.9 Å². The van der Waals surface area contributed by atoms with Crippen LogP contribution in [0.3, 0.4) is 0 Å². The maximum Gasteiger partial charge on any atom is 0.232 e. The van der Waals surface area contributed by atoms with Gasteiger partial charge in [0.2, 0.25) is 10.0 Å². The number of hydrogen-bond acceptors (Lipinski definition) is 4. The van der Waals surface area contributed by atoms with Gasteiger partial charge in [0.1, 0.15) is 0 Å². The van der Waals surface area contributed by atoms with E-state index < -0.39 is 10.0 Å². The molecule has 18 heavy (non-hydrogen) atoms. The highest BCUT2D eigenvalue weighted by Gasteiger charge is 2.14. The van der Waals surface area contributed by atoms with Gasteiger partial charge in [0.15, 0.2) is 0 Å². The number of anilines is 2. The maximum absolute atomic E-state index is 11.8. The quantitative estimate of drug-likeness (QED) is 0.566. The van der Waals surface area contributed by atoms with Gasteiger partial charge in [-0.25, -0.2) is 8.42 Å². The van der Waals surface area contributed by atoms with Gasteiger partial charge >= 0.3 is 0 Å². The van der Waals surface area contributed by atoms with E-state index in [1.807, 2.05) is 0 Å². The van der Waals surface area contributed by atoms with Gasteiger partial charge in [-0.1, -0.05) is 15.9 Å². The first kappa shape index (κ1) is 15.7. The highest BCUT2D eigenvalue weighted by molar-refractivity contribution is 9.11. The Balaban J connectivity index is 2.84. The molecule has 1 aromatic rings. The lowest BCUT2D eigenvalue weighted by Gasteiger charge is -2.12. The number of nitrogens with one attached hydrogen (secondary N) is 1. The molecule has 0 spiro atoms. The molecule has 0 bridgehead atoms. The van der Waals surface area contributed by atoms with Crippen LogP contribution in [0.5, 0.6) is 0 Å². The zero-order valence-corrected chi connectivity index (χ0v) is 13.7. The van der Waals surface area contributed by atoms with Crippen LogP contribution < -0.4 is 10.5 Å². The third kappa shape index (κ3) is 4.75. The summed E-state index contributed by atoms with van der Waals surface area (Å²) in [6, 6.07) is 3.36. The minimum atomic E-state index is -3.42. The van der Waals surface area contributed by atoms with Gasteiger partial charge in [0, 0.05) is 22.7 Å². The molecule has 0 aromatic heterocycles. The van der Waals surface area contributed by atoms with Crippen LogP contribution in [0, 0.1) is 0 Å². The standard InChI is InChI=1S/C10H14Br2N2O3S/c1-17-3-2-4-18(15,16)14-10-8(12)5-7(11)6-9(10)13/h5-6,14H,2-4,13H2,1H3. The summed E-state index contributed by atoms with van der Waals surface area (Å²) in [4.78, 5) is 0. The minimum absolute atomic E-state index is 0.0111. The first-order chi connectivity index (χ1) is 8.35. The van der Waals surface area contributed by atoms with Crippen molar-refractivity contribution in [1.82, 2.24) is 0 Å². The fourth-order valence-corrected chi connectivity index (χ4v) is 3.93. The summed E-state index contributed by atoms with van der Waals surface area (Å²) in [5.74, 6) is -0.0111. The van der Waals surface area contributed by atoms with Crippen molar-refractivity contribution in [2.75, 3.05) is 29.9 Å². The molecule has 5 nitrogen and oxygen atoms in total. The summed E-state index contributed by atoms with van der Waals surface area (Å²) in [6.45, 7) is 0.401. The van der Waals surface area contributed by atoms with Gasteiger partial charge < -0.3 is 10.5 Å². The summed E-state index contributed by atoms with van der Waals surface area (Å²) < 4.78 is 32.3. The number of ether oxygens (including phenoxy) is 1. The van der Waals surface area contributed by atoms with Crippen molar-refractivity contribution in [3.8, 4) is 0 Å². The molecule has 0 unspecified atom stereocenters. The molecule has 1 rings (SSSR count). The smallest absolute Gasteiger partial charge is 0.232 e. The zero-order chi connectivity index (χ0) is 13.8. The molecule has 8 heteroatoms. The molecule has 3 N–H and O–H groups in total. The topological polar surface area (TPSA) is 81.4 Å². The highest BCUT2D eigenvalue weighted by Crippen LogP contribution is 2.33.